The summed E-state index contributed by atoms with van der Waals surface area (Å²) in [5.74, 6) is 0.0265. The number of benzene rings is 2. The number of carbonyl (C=O) groups excluding carboxylic acids is 2. The molecule has 1 saturated heterocycles. The first-order chi connectivity index (χ1) is 14.4. The minimum atomic E-state index is -0.678. The molecule has 6 nitrogen and oxygen atoms in total. The molecule has 7 heteroatoms. The maximum absolute atomic E-state index is 13.1. The molecule has 2 heterocycles. The van der Waals surface area contributed by atoms with Gasteiger partial charge in [-0.1, -0.05) is 48.0 Å². The SMILES string of the molecule is CC(C)CC(NC(=O)C1CCN(c2cccc(Br)c2)C1=O)c1nc2ccccc2[nH]1. The Labute approximate surface area is 184 Å². The van der Waals surface area contributed by atoms with Crippen LogP contribution in [-0.2, 0) is 9.59 Å². The summed E-state index contributed by atoms with van der Waals surface area (Å²) in [6.07, 6.45) is 1.24. The van der Waals surface area contributed by atoms with Gasteiger partial charge in [-0.25, -0.2) is 4.98 Å². The van der Waals surface area contributed by atoms with Crippen molar-refractivity contribution in [3.05, 3.63) is 58.8 Å². The van der Waals surface area contributed by atoms with Gasteiger partial charge in [0.25, 0.3) is 0 Å². The number of carbonyl (C=O) groups is 2. The van der Waals surface area contributed by atoms with E-state index in [2.05, 4.69) is 45.1 Å². The molecule has 2 unspecified atom stereocenters. The zero-order valence-electron chi connectivity index (χ0n) is 17.1. The number of rotatable bonds is 6. The summed E-state index contributed by atoms with van der Waals surface area (Å²) in [4.78, 5) is 35.7. The number of hydrogen-bond donors (Lipinski definition) is 2. The molecule has 2 amide bonds. The van der Waals surface area contributed by atoms with Crippen molar-refractivity contribution in [1.82, 2.24) is 15.3 Å². The highest BCUT2D eigenvalue weighted by atomic mass is 79.9. The number of aromatic nitrogens is 2. The number of H-pyrrole nitrogens is 1. The van der Waals surface area contributed by atoms with Crippen molar-refractivity contribution < 1.29 is 9.59 Å². The average Bonchev–Trinajstić information content (AvgIpc) is 3.30. The van der Waals surface area contributed by atoms with E-state index in [0.717, 1.165) is 33.4 Å². The number of amides is 2. The molecule has 30 heavy (non-hydrogen) atoms. The highest BCUT2D eigenvalue weighted by Crippen LogP contribution is 2.29. The van der Waals surface area contributed by atoms with Gasteiger partial charge in [0.1, 0.15) is 11.7 Å². The van der Waals surface area contributed by atoms with E-state index in [0.29, 0.717) is 18.9 Å². The highest BCUT2D eigenvalue weighted by Gasteiger charge is 2.38. The third-order valence-electron chi connectivity index (χ3n) is 5.40. The second-order valence-electron chi connectivity index (χ2n) is 8.14. The van der Waals surface area contributed by atoms with Crippen molar-refractivity contribution in [2.75, 3.05) is 11.4 Å². The molecule has 0 radical (unpaired) electrons. The van der Waals surface area contributed by atoms with Crippen molar-refractivity contribution >= 4 is 44.5 Å². The number of halogens is 1. The number of anilines is 1. The monoisotopic (exact) mass is 468 g/mol. The van der Waals surface area contributed by atoms with Crippen molar-refractivity contribution in [3.63, 3.8) is 0 Å². The molecule has 1 aromatic heterocycles. The van der Waals surface area contributed by atoms with E-state index in [1.165, 1.54) is 0 Å². The first-order valence-corrected chi connectivity index (χ1v) is 11.0. The lowest BCUT2D eigenvalue weighted by Crippen LogP contribution is -2.39. The van der Waals surface area contributed by atoms with Crippen molar-refractivity contribution in [2.24, 2.45) is 11.8 Å². The van der Waals surface area contributed by atoms with Crippen LogP contribution in [0, 0.1) is 11.8 Å². The number of imidazole rings is 1. The Morgan fingerprint density at radius 2 is 2.07 bits per heavy atom. The van der Waals surface area contributed by atoms with Crippen molar-refractivity contribution in [2.45, 2.75) is 32.7 Å². The molecule has 1 aliphatic heterocycles. The second kappa shape index (κ2) is 8.60. The number of nitrogens with one attached hydrogen (secondary N) is 2. The Hall–Kier alpha value is -2.67. The number of nitrogens with zero attached hydrogens (tertiary/aromatic N) is 2. The van der Waals surface area contributed by atoms with Gasteiger partial charge in [0.05, 0.1) is 17.1 Å². The predicted octanol–water partition coefficient (Wildman–Crippen LogP) is 4.58. The Balaban J connectivity index is 1.52. The van der Waals surface area contributed by atoms with Crippen LogP contribution in [0.3, 0.4) is 0 Å². The molecule has 2 N–H and O–H groups in total. The minimum Gasteiger partial charge on any atom is -0.345 e. The molecule has 0 saturated carbocycles. The molecule has 4 rings (SSSR count). The standard InChI is InChI=1S/C23H25BrN4O2/c1-14(2)12-20(21-25-18-8-3-4-9-19(18)26-21)27-22(29)17-10-11-28(23(17)30)16-7-5-6-15(24)13-16/h3-9,13-14,17,20H,10-12H2,1-2H3,(H,25,26)(H,27,29). The van der Waals surface area contributed by atoms with Crippen LogP contribution in [0.4, 0.5) is 5.69 Å². The van der Waals surface area contributed by atoms with E-state index in [9.17, 15) is 9.59 Å². The van der Waals surface area contributed by atoms with E-state index in [4.69, 9.17) is 0 Å². The molecular weight excluding hydrogens is 444 g/mol. The van der Waals surface area contributed by atoms with Gasteiger partial charge >= 0.3 is 0 Å². The molecule has 1 aliphatic rings. The van der Waals surface area contributed by atoms with Crippen LogP contribution in [0.2, 0.25) is 0 Å². The molecular formula is C23H25BrN4O2. The van der Waals surface area contributed by atoms with Crippen LogP contribution in [0.5, 0.6) is 0 Å². The lowest BCUT2D eigenvalue weighted by molar-refractivity contribution is -0.132. The van der Waals surface area contributed by atoms with E-state index < -0.39 is 5.92 Å². The molecule has 156 valence electrons. The zero-order valence-corrected chi connectivity index (χ0v) is 18.6. The lowest BCUT2D eigenvalue weighted by atomic mass is 10.0. The Kier molecular flexibility index (Phi) is 5.90. The molecule has 0 bridgehead atoms. The summed E-state index contributed by atoms with van der Waals surface area (Å²) in [5, 5.41) is 3.09. The first kappa shape index (κ1) is 20.6. The van der Waals surface area contributed by atoms with Crippen LogP contribution >= 0.6 is 15.9 Å². The highest BCUT2D eigenvalue weighted by molar-refractivity contribution is 9.10. The Bertz CT molecular complexity index is 1040. The van der Waals surface area contributed by atoms with Crippen LogP contribution in [0.1, 0.15) is 38.6 Å². The summed E-state index contributed by atoms with van der Waals surface area (Å²) < 4.78 is 0.905. The van der Waals surface area contributed by atoms with Gasteiger partial charge in [0, 0.05) is 16.7 Å². The molecule has 1 fully saturated rings. The smallest absolute Gasteiger partial charge is 0.239 e. The largest absolute Gasteiger partial charge is 0.345 e. The maximum Gasteiger partial charge on any atom is 0.239 e. The first-order valence-electron chi connectivity index (χ1n) is 10.2. The van der Waals surface area contributed by atoms with Crippen molar-refractivity contribution in [1.29, 1.82) is 0 Å². The summed E-state index contributed by atoms with van der Waals surface area (Å²) in [6.45, 7) is 4.75. The topological polar surface area (TPSA) is 78.1 Å². The van der Waals surface area contributed by atoms with Crippen LogP contribution in [0.15, 0.2) is 53.0 Å². The van der Waals surface area contributed by atoms with E-state index in [-0.39, 0.29) is 17.9 Å². The zero-order chi connectivity index (χ0) is 21.3. The van der Waals surface area contributed by atoms with E-state index in [1.807, 2.05) is 48.5 Å². The fourth-order valence-corrected chi connectivity index (χ4v) is 4.33. The van der Waals surface area contributed by atoms with Gasteiger partial charge in [-0.15, -0.1) is 0 Å². The average molecular weight is 469 g/mol. The maximum atomic E-state index is 13.1. The molecule has 2 aromatic carbocycles. The molecule has 0 spiro atoms. The summed E-state index contributed by atoms with van der Waals surface area (Å²) in [6, 6.07) is 15.1. The van der Waals surface area contributed by atoms with Gasteiger partial charge in [-0.3, -0.25) is 9.59 Å². The predicted molar refractivity (Wildman–Crippen MR) is 121 cm³/mol. The molecule has 2 atom stereocenters. The Morgan fingerprint density at radius 1 is 1.27 bits per heavy atom. The number of para-hydroxylation sites is 2. The van der Waals surface area contributed by atoms with Crippen LogP contribution in [0.25, 0.3) is 11.0 Å². The van der Waals surface area contributed by atoms with Crippen LogP contribution < -0.4 is 10.2 Å². The summed E-state index contributed by atoms with van der Waals surface area (Å²) in [5.41, 5.74) is 2.61. The number of fused-ring (bicyclic) bond motifs is 1. The number of aromatic amines is 1. The Morgan fingerprint density at radius 3 is 2.80 bits per heavy atom. The van der Waals surface area contributed by atoms with Gasteiger partial charge in [0.15, 0.2) is 0 Å². The third-order valence-corrected chi connectivity index (χ3v) is 5.90. The second-order valence-corrected chi connectivity index (χ2v) is 9.06. The molecule has 0 aliphatic carbocycles. The molecule has 3 aromatic rings. The van der Waals surface area contributed by atoms with E-state index in [1.54, 1.807) is 4.90 Å². The minimum absolute atomic E-state index is 0.154. The quantitative estimate of drug-likeness (QED) is 0.519. The lowest BCUT2D eigenvalue weighted by Gasteiger charge is -2.21. The van der Waals surface area contributed by atoms with Gasteiger partial charge in [-0.2, -0.15) is 0 Å². The van der Waals surface area contributed by atoms with E-state index >= 15 is 0 Å². The fraction of sp³-hybridized carbons (Fsp3) is 0.348. The van der Waals surface area contributed by atoms with Crippen molar-refractivity contribution in [3.8, 4) is 0 Å². The third kappa shape index (κ3) is 4.26. The van der Waals surface area contributed by atoms with Gasteiger partial charge < -0.3 is 15.2 Å². The fourth-order valence-electron chi connectivity index (χ4n) is 3.94. The van der Waals surface area contributed by atoms with Gasteiger partial charge in [-0.05, 0) is 49.1 Å². The summed E-state index contributed by atoms with van der Waals surface area (Å²) in [7, 11) is 0. The van der Waals surface area contributed by atoms with Gasteiger partial charge in [0.2, 0.25) is 11.8 Å². The normalized spacial score (nSPS) is 17.7. The summed E-state index contributed by atoms with van der Waals surface area (Å²) >= 11 is 3.44. The van der Waals surface area contributed by atoms with Crippen LogP contribution in [-0.4, -0.2) is 28.3 Å². The number of hydrogen-bond acceptors (Lipinski definition) is 3.